The summed E-state index contributed by atoms with van der Waals surface area (Å²) in [5.74, 6) is 1.58. The van der Waals surface area contributed by atoms with Crippen molar-refractivity contribution in [2.24, 2.45) is 0 Å². The van der Waals surface area contributed by atoms with E-state index in [0.29, 0.717) is 12.4 Å². The number of nitro groups is 1. The number of ether oxygens (including phenoxy) is 1. The lowest BCUT2D eigenvalue weighted by Gasteiger charge is -2.06. The van der Waals surface area contributed by atoms with Gasteiger partial charge in [-0.25, -0.2) is 0 Å². The van der Waals surface area contributed by atoms with Crippen LogP contribution in [0, 0.1) is 10.1 Å². The molecule has 0 aliphatic carbocycles. The van der Waals surface area contributed by atoms with Crippen LogP contribution in [0.4, 0.5) is 5.69 Å². The maximum Gasteiger partial charge on any atom is 0.269 e. The maximum absolute atomic E-state index is 10.5. The summed E-state index contributed by atoms with van der Waals surface area (Å²) in [6.45, 7) is 2.22. The van der Waals surface area contributed by atoms with Crippen LogP contribution >= 0.6 is 0 Å². The molecule has 0 atom stereocenters. The van der Waals surface area contributed by atoms with Crippen molar-refractivity contribution >= 4 is 5.69 Å². The summed E-state index contributed by atoms with van der Waals surface area (Å²) in [4.78, 5) is 10.1. The van der Waals surface area contributed by atoms with Gasteiger partial charge in [-0.2, -0.15) is 0 Å². The van der Waals surface area contributed by atoms with E-state index in [1.54, 1.807) is 18.4 Å². The minimum absolute atomic E-state index is 0.0736. The van der Waals surface area contributed by atoms with Gasteiger partial charge < -0.3 is 14.5 Å². The van der Waals surface area contributed by atoms with E-state index in [0.717, 1.165) is 31.7 Å². The molecule has 0 unspecified atom stereocenters. The van der Waals surface area contributed by atoms with E-state index in [4.69, 9.17) is 9.15 Å². The number of furan rings is 1. The molecule has 0 aliphatic rings. The van der Waals surface area contributed by atoms with E-state index in [1.807, 2.05) is 12.1 Å². The van der Waals surface area contributed by atoms with Gasteiger partial charge in [-0.05, 0) is 43.7 Å². The van der Waals surface area contributed by atoms with Crippen LogP contribution in [-0.4, -0.2) is 18.1 Å². The Balaban J connectivity index is 1.54. The molecule has 0 aliphatic heterocycles. The second kappa shape index (κ2) is 8.06. The predicted octanol–water partition coefficient (Wildman–Crippen LogP) is 3.14. The minimum Gasteiger partial charge on any atom is -0.494 e. The number of non-ortho nitro benzene ring substituents is 1. The molecule has 0 saturated heterocycles. The smallest absolute Gasteiger partial charge is 0.269 e. The fourth-order valence-corrected chi connectivity index (χ4v) is 1.83. The van der Waals surface area contributed by atoms with Crippen molar-refractivity contribution < 1.29 is 14.1 Å². The molecule has 21 heavy (non-hydrogen) atoms. The number of nitrogens with one attached hydrogen (secondary N) is 1. The highest BCUT2D eigenvalue weighted by Gasteiger charge is 2.04. The second-order valence-electron chi connectivity index (χ2n) is 4.56. The van der Waals surface area contributed by atoms with Gasteiger partial charge in [0.2, 0.25) is 0 Å². The summed E-state index contributed by atoms with van der Waals surface area (Å²) in [6, 6.07) is 9.93. The third-order valence-corrected chi connectivity index (χ3v) is 2.94. The lowest BCUT2D eigenvalue weighted by Crippen LogP contribution is -2.15. The van der Waals surface area contributed by atoms with Crippen molar-refractivity contribution in [2.75, 3.05) is 13.2 Å². The maximum atomic E-state index is 10.5. The summed E-state index contributed by atoms with van der Waals surface area (Å²) in [5.41, 5.74) is 0.0736. The van der Waals surface area contributed by atoms with Crippen LogP contribution in [0.25, 0.3) is 0 Å². The lowest BCUT2D eigenvalue weighted by atomic mass is 10.3. The van der Waals surface area contributed by atoms with Crippen molar-refractivity contribution in [3.63, 3.8) is 0 Å². The SMILES string of the molecule is O=[N+]([O-])c1ccc(OCCCCNCc2ccco2)cc1. The van der Waals surface area contributed by atoms with E-state index in [2.05, 4.69) is 5.32 Å². The molecule has 0 saturated carbocycles. The molecule has 0 spiro atoms. The minimum atomic E-state index is -0.422. The number of nitro benzene ring substituents is 1. The molecule has 0 radical (unpaired) electrons. The molecule has 6 nitrogen and oxygen atoms in total. The molecule has 0 fully saturated rings. The van der Waals surface area contributed by atoms with Crippen molar-refractivity contribution in [3.05, 3.63) is 58.5 Å². The van der Waals surface area contributed by atoms with Gasteiger partial charge in [0.1, 0.15) is 11.5 Å². The first-order chi connectivity index (χ1) is 10.3. The van der Waals surface area contributed by atoms with E-state index in [1.165, 1.54) is 12.1 Å². The van der Waals surface area contributed by atoms with Gasteiger partial charge in [0.05, 0.1) is 24.3 Å². The normalized spacial score (nSPS) is 10.5. The summed E-state index contributed by atoms with van der Waals surface area (Å²) >= 11 is 0. The number of unbranched alkanes of at least 4 members (excludes halogenated alkanes) is 1. The molecule has 1 aromatic carbocycles. The van der Waals surface area contributed by atoms with Gasteiger partial charge in [0.25, 0.3) is 5.69 Å². The van der Waals surface area contributed by atoms with Crippen LogP contribution in [0.1, 0.15) is 18.6 Å². The first-order valence-corrected chi connectivity index (χ1v) is 6.86. The van der Waals surface area contributed by atoms with E-state index < -0.39 is 4.92 Å². The van der Waals surface area contributed by atoms with Crippen molar-refractivity contribution in [1.82, 2.24) is 5.32 Å². The predicted molar refractivity (Wildman–Crippen MR) is 78.2 cm³/mol. The molecule has 2 aromatic rings. The Morgan fingerprint density at radius 3 is 2.67 bits per heavy atom. The molecule has 0 bridgehead atoms. The Morgan fingerprint density at radius 1 is 1.19 bits per heavy atom. The fourth-order valence-electron chi connectivity index (χ4n) is 1.83. The quantitative estimate of drug-likeness (QED) is 0.436. The van der Waals surface area contributed by atoms with Gasteiger partial charge >= 0.3 is 0 Å². The van der Waals surface area contributed by atoms with Crippen LogP contribution < -0.4 is 10.1 Å². The van der Waals surface area contributed by atoms with Crippen molar-refractivity contribution in [1.29, 1.82) is 0 Å². The highest BCUT2D eigenvalue weighted by atomic mass is 16.6. The third kappa shape index (κ3) is 5.27. The summed E-state index contributed by atoms with van der Waals surface area (Å²) in [5, 5.41) is 13.8. The summed E-state index contributed by atoms with van der Waals surface area (Å²) in [7, 11) is 0. The van der Waals surface area contributed by atoms with Gasteiger partial charge in [-0.3, -0.25) is 10.1 Å². The molecule has 2 rings (SSSR count). The Hall–Kier alpha value is -2.34. The Bertz CT molecular complexity index is 537. The first kappa shape index (κ1) is 15.1. The average Bonchev–Trinajstić information content (AvgIpc) is 3.00. The standard InChI is InChI=1S/C15H18N2O4/c18-17(19)13-5-7-14(8-6-13)20-10-2-1-9-16-12-15-4-3-11-21-15/h3-8,11,16H,1-2,9-10,12H2. The van der Waals surface area contributed by atoms with Crippen LogP contribution in [0.5, 0.6) is 5.75 Å². The van der Waals surface area contributed by atoms with E-state index in [-0.39, 0.29) is 5.69 Å². The highest BCUT2D eigenvalue weighted by molar-refractivity contribution is 5.35. The van der Waals surface area contributed by atoms with Crippen molar-refractivity contribution in [3.8, 4) is 5.75 Å². The summed E-state index contributed by atoms with van der Waals surface area (Å²) < 4.78 is 10.7. The molecular weight excluding hydrogens is 272 g/mol. The Morgan fingerprint density at radius 2 is 2.00 bits per heavy atom. The van der Waals surface area contributed by atoms with E-state index in [9.17, 15) is 10.1 Å². The van der Waals surface area contributed by atoms with Crippen LogP contribution in [0.2, 0.25) is 0 Å². The van der Waals surface area contributed by atoms with Crippen LogP contribution in [-0.2, 0) is 6.54 Å². The zero-order valence-electron chi connectivity index (χ0n) is 11.7. The van der Waals surface area contributed by atoms with Crippen LogP contribution in [0.3, 0.4) is 0 Å². The number of rotatable bonds is 9. The number of hydrogen-bond donors (Lipinski definition) is 1. The van der Waals surface area contributed by atoms with Gasteiger partial charge in [-0.15, -0.1) is 0 Å². The third-order valence-electron chi connectivity index (χ3n) is 2.94. The molecule has 1 aromatic heterocycles. The number of hydrogen-bond acceptors (Lipinski definition) is 5. The molecule has 112 valence electrons. The van der Waals surface area contributed by atoms with E-state index >= 15 is 0 Å². The molecule has 6 heteroatoms. The van der Waals surface area contributed by atoms with Crippen LogP contribution in [0.15, 0.2) is 47.1 Å². The zero-order chi connectivity index (χ0) is 14.9. The molecular formula is C15H18N2O4. The Kier molecular flexibility index (Phi) is 5.78. The molecule has 0 amide bonds. The first-order valence-electron chi connectivity index (χ1n) is 6.86. The largest absolute Gasteiger partial charge is 0.494 e. The van der Waals surface area contributed by atoms with Gasteiger partial charge in [0.15, 0.2) is 0 Å². The van der Waals surface area contributed by atoms with Gasteiger partial charge in [-0.1, -0.05) is 0 Å². The lowest BCUT2D eigenvalue weighted by molar-refractivity contribution is -0.384. The topological polar surface area (TPSA) is 77.5 Å². The monoisotopic (exact) mass is 290 g/mol. The fraction of sp³-hybridized carbons (Fsp3) is 0.333. The number of nitrogens with zero attached hydrogens (tertiary/aromatic N) is 1. The van der Waals surface area contributed by atoms with Gasteiger partial charge in [0, 0.05) is 12.1 Å². The summed E-state index contributed by atoms with van der Waals surface area (Å²) in [6.07, 6.45) is 3.57. The molecule has 1 N–H and O–H groups in total. The highest BCUT2D eigenvalue weighted by Crippen LogP contribution is 2.17. The Labute approximate surface area is 122 Å². The second-order valence-corrected chi connectivity index (χ2v) is 4.56. The zero-order valence-corrected chi connectivity index (χ0v) is 11.7. The number of benzene rings is 1. The average molecular weight is 290 g/mol. The molecule has 1 heterocycles. The van der Waals surface area contributed by atoms with Crippen molar-refractivity contribution in [2.45, 2.75) is 19.4 Å².